The van der Waals surface area contributed by atoms with Crippen LogP contribution in [-0.2, 0) is 11.2 Å². The van der Waals surface area contributed by atoms with Crippen LogP contribution in [0.3, 0.4) is 0 Å². The summed E-state index contributed by atoms with van der Waals surface area (Å²) < 4.78 is 0. The highest BCUT2D eigenvalue weighted by Crippen LogP contribution is 2.36. The van der Waals surface area contributed by atoms with E-state index in [1.807, 2.05) is 0 Å². The van der Waals surface area contributed by atoms with Gasteiger partial charge in [0.25, 0.3) is 0 Å². The molecular formula is C19H24N2O2S. The number of aryl methyl sites for hydroxylation is 3. The largest absolute Gasteiger partial charge is 0.481 e. The van der Waals surface area contributed by atoms with Gasteiger partial charge in [-0.15, -0.1) is 11.3 Å². The normalized spacial score (nSPS) is 14.9. The number of hydrogen-bond acceptors (Lipinski definition) is 4. The van der Waals surface area contributed by atoms with Crippen molar-refractivity contribution in [2.24, 2.45) is 0 Å². The number of aromatic nitrogens is 1. The summed E-state index contributed by atoms with van der Waals surface area (Å²) in [4.78, 5) is 19.3. The quantitative estimate of drug-likeness (QED) is 0.896. The second kappa shape index (κ2) is 6.93. The molecule has 0 unspecified atom stereocenters. The first-order valence-corrected chi connectivity index (χ1v) is 9.32. The predicted octanol–water partition coefficient (Wildman–Crippen LogP) is 4.35. The topological polar surface area (TPSA) is 53.4 Å². The minimum Gasteiger partial charge on any atom is -0.481 e. The first-order valence-electron chi connectivity index (χ1n) is 8.50. The Morgan fingerprint density at radius 2 is 1.79 bits per heavy atom. The van der Waals surface area contributed by atoms with Crippen molar-refractivity contribution in [2.45, 2.75) is 46.5 Å². The Hall–Kier alpha value is -1.88. The van der Waals surface area contributed by atoms with E-state index in [2.05, 4.69) is 37.8 Å². The highest BCUT2D eigenvalue weighted by atomic mass is 32.1. The van der Waals surface area contributed by atoms with Crippen LogP contribution in [0.2, 0.25) is 0 Å². The Kier molecular flexibility index (Phi) is 4.90. The smallest absolute Gasteiger partial charge is 0.308 e. The molecule has 1 saturated heterocycles. The van der Waals surface area contributed by atoms with Crippen LogP contribution < -0.4 is 4.90 Å². The van der Waals surface area contributed by atoms with Crippen LogP contribution in [0.15, 0.2) is 12.1 Å². The fourth-order valence-corrected chi connectivity index (χ4v) is 4.36. The number of thiazole rings is 1. The average molecular weight is 344 g/mol. The van der Waals surface area contributed by atoms with Gasteiger partial charge in [0, 0.05) is 23.5 Å². The third-order valence-corrected chi connectivity index (χ3v) is 5.84. The SMILES string of the molecule is Cc1cc(C)c(-c2nc(N3CCCCC3)sc2CC(=O)O)cc1C. The molecule has 1 aromatic heterocycles. The molecule has 1 fully saturated rings. The van der Waals surface area contributed by atoms with Crippen molar-refractivity contribution in [3.8, 4) is 11.3 Å². The number of aliphatic carboxylic acids is 1. The molecule has 0 bridgehead atoms. The number of benzene rings is 1. The van der Waals surface area contributed by atoms with E-state index in [1.54, 1.807) is 11.3 Å². The second-order valence-electron chi connectivity index (χ2n) is 6.64. The molecule has 1 aliphatic heterocycles. The van der Waals surface area contributed by atoms with Gasteiger partial charge in [-0.05, 0) is 62.8 Å². The van der Waals surface area contributed by atoms with Crippen molar-refractivity contribution in [3.05, 3.63) is 33.7 Å². The Bertz CT molecular complexity index is 761. The van der Waals surface area contributed by atoms with Crippen molar-refractivity contribution in [1.29, 1.82) is 0 Å². The van der Waals surface area contributed by atoms with E-state index in [1.165, 1.54) is 30.4 Å². The molecule has 0 spiro atoms. The summed E-state index contributed by atoms with van der Waals surface area (Å²) in [7, 11) is 0. The van der Waals surface area contributed by atoms with Gasteiger partial charge in [0.15, 0.2) is 5.13 Å². The summed E-state index contributed by atoms with van der Waals surface area (Å²) in [5, 5.41) is 10.3. The molecule has 0 radical (unpaired) electrons. The van der Waals surface area contributed by atoms with Gasteiger partial charge < -0.3 is 10.0 Å². The molecule has 4 nitrogen and oxygen atoms in total. The number of piperidine rings is 1. The van der Waals surface area contributed by atoms with Gasteiger partial charge in [0.05, 0.1) is 12.1 Å². The Balaban J connectivity index is 2.06. The van der Waals surface area contributed by atoms with Crippen molar-refractivity contribution in [1.82, 2.24) is 4.98 Å². The number of nitrogens with zero attached hydrogens (tertiary/aromatic N) is 2. The van der Waals surface area contributed by atoms with Crippen molar-refractivity contribution in [3.63, 3.8) is 0 Å². The van der Waals surface area contributed by atoms with Crippen LogP contribution in [0.25, 0.3) is 11.3 Å². The summed E-state index contributed by atoms with van der Waals surface area (Å²) in [6.45, 7) is 8.31. The van der Waals surface area contributed by atoms with Crippen LogP contribution in [0.1, 0.15) is 40.8 Å². The summed E-state index contributed by atoms with van der Waals surface area (Å²) in [5.74, 6) is -0.799. The molecule has 1 aliphatic rings. The lowest BCUT2D eigenvalue weighted by atomic mass is 9.98. The molecule has 3 rings (SSSR count). The van der Waals surface area contributed by atoms with Crippen molar-refractivity contribution >= 4 is 22.4 Å². The number of carbonyl (C=O) groups is 1. The van der Waals surface area contributed by atoms with Crippen LogP contribution in [0, 0.1) is 20.8 Å². The number of anilines is 1. The number of hydrogen-bond donors (Lipinski definition) is 1. The van der Waals surface area contributed by atoms with Gasteiger partial charge >= 0.3 is 5.97 Å². The molecule has 0 amide bonds. The summed E-state index contributed by atoms with van der Waals surface area (Å²) >= 11 is 1.54. The fraction of sp³-hybridized carbons (Fsp3) is 0.474. The summed E-state index contributed by atoms with van der Waals surface area (Å²) in [6.07, 6.45) is 3.68. The van der Waals surface area contributed by atoms with Crippen LogP contribution in [0.5, 0.6) is 0 Å². The molecule has 5 heteroatoms. The number of carboxylic acids is 1. The standard InChI is InChI=1S/C19H24N2O2S/c1-12-9-14(3)15(10-13(12)2)18-16(11-17(22)23)24-19(20-18)21-7-5-4-6-8-21/h9-10H,4-8,11H2,1-3H3,(H,22,23). The number of rotatable bonds is 4. The van der Waals surface area contributed by atoms with Gasteiger partial charge in [-0.3, -0.25) is 4.79 Å². The first-order chi connectivity index (χ1) is 11.5. The maximum absolute atomic E-state index is 11.3. The van der Waals surface area contributed by atoms with Gasteiger partial charge in [-0.25, -0.2) is 4.98 Å². The van der Waals surface area contributed by atoms with Gasteiger partial charge in [0.2, 0.25) is 0 Å². The van der Waals surface area contributed by atoms with Crippen LogP contribution >= 0.6 is 11.3 Å². The first kappa shape index (κ1) is 17.0. The molecule has 0 aliphatic carbocycles. The van der Waals surface area contributed by atoms with Crippen LogP contribution in [-0.4, -0.2) is 29.1 Å². The molecular weight excluding hydrogens is 320 g/mol. The fourth-order valence-electron chi connectivity index (χ4n) is 3.24. The van der Waals surface area contributed by atoms with E-state index in [0.29, 0.717) is 0 Å². The summed E-state index contributed by atoms with van der Waals surface area (Å²) in [5.41, 5.74) is 5.53. The molecule has 2 aromatic rings. The minimum atomic E-state index is -0.799. The molecule has 1 N–H and O–H groups in total. The Morgan fingerprint density at radius 1 is 1.12 bits per heavy atom. The van der Waals surface area contributed by atoms with E-state index in [0.717, 1.165) is 39.9 Å². The minimum absolute atomic E-state index is 0.0349. The zero-order valence-corrected chi connectivity index (χ0v) is 15.4. The molecule has 128 valence electrons. The highest BCUT2D eigenvalue weighted by molar-refractivity contribution is 7.16. The lowest BCUT2D eigenvalue weighted by Crippen LogP contribution is -2.29. The van der Waals surface area contributed by atoms with Crippen LogP contribution in [0.4, 0.5) is 5.13 Å². The van der Waals surface area contributed by atoms with Gasteiger partial charge in [-0.1, -0.05) is 6.07 Å². The van der Waals surface area contributed by atoms with E-state index < -0.39 is 5.97 Å². The number of carboxylic acid groups (broad SMARTS) is 1. The summed E-state index contributed by atoms with van der Waals surface area (Å²) in [6, 6.07) is 4.31. The molecule has 0 atom stereocenters. The predicted molar refractivity (Wildman–Crippen MR) is 99.2 cm³/mol. The van der Waals surface area contributed by atoms with E-state index >= 15 is 0 Å². The van der Waals surface area contributed by atoms with E-state index in [4.69, 9.17) is 4.98 Å². The maximum atomic E-state index is 11.3. The maximum Gasteiger partial charge on any atom is 0.308 e. The lowest BCUT2D eigenvalue weighted by Gasteiger charge is -2.25. The Labute approximate surface area is 147 Å². The third kappa shape index (κ3) is 3.46. The van der Waals surface area contributed by atoms with E-state index in [9.17, 15) is 9.90 Å². The lowest BCUT2D eigenvalue weighted by molar-refractivity contribution is -0.136. The Morgan fingerprint density at radius 3 is 2.46 bits per heavy atom. The molecule has 24 heavy (non-hydrogen) atoms. The van der Waals surface area contributed by atoms with E-state index in [-0.39, 0.29) is 6.42 Å². The van der Waals surface area contributed by atoms with Gasteiger partial charge in [-0.2, -0.15) is 0 Å². The monoisotopic (exact) mass is 344 g/mol. The van der Waals surface area contributed by atoms with Gasteiger partial charge in [0.1, 0.15) is 0 Å². The second-order valence-corrected chi connectivity index (χ2v) is 7.70. The third-order valence-electron chi connectivity index (χ3n) is 4.72. The molecule has 1 aromatic carbocycles. The van der Waals surface area contributed by atoms with Crippen molar-refractivity contribution < 1.29 is 9.90 Å². The van der Waals surface area contributed by atoms with Crippen molar-refractivity contribution in [2.75, 3.05) is 18.0 Å². The zero-order valence-electron chi connectivity index (χ0n) is 14.6. The zero-order chi connectivity index (χ0) is 17.3. The molecule has 0 saturated carbocycles. The average Bonchev–Trinajstić information content (AvgIpc) is 2.94. The molecule has 2 heterocycles. The highest BCUT2D eigenvalue weighted by Gasteiger charge is 2.21.